The maximum Gasteiger partial charge on any atom is 0.169 e. The molecule has 0 spiro atoms. The van der Waals surface area contributed by atoms with Crippen LogP contribution in [0.5, 0.6) is 17.2 Å². The van der Waals surface area contributed by atoms with Gasteiger partial charge in [-0.15, -0.1) is 0 Å². The van der Waals surface area contributed by atoms with Crippen LogP contribution < -0.4 is 4.74 Å². The van der Waals surface area contributed by atoms with Gasteiger partial charge in [0.15, 0.2) is 11.5 Å². The zero-order chi connectivity index (χ0) is 15.5. The Kier molecular flexibility index (Phi) is 4.23. The summed E-state index contributed by atoms with van der Waals surface area (Å²) >= 11 is 11.9. The predicted octanol–water partition coefficient (Wildman–Crippen LogP) is 6.16. The summed E-state index contributed by atoms with van der Waals surface area (Å²) < 4.78 is 5.65. The Morgan fingerprint density at radius 2 is 1.45 bits per heavy atom. The smallest absolute Gasteiger partial charge is 0.169 e. The van der Waals surface area contributed by atoms with Crippen LogP contribution in [-0.2, 0) is 0 Å². The summed E-state index contributed by atoms with van der Waals surface area (Å²) in [5, 5.41) is 11.1. The van der Waals surface area contributed by atoms with E-state index < -0.39 is 0 Å². The fourth-order valence-electron chi connectivity index (χ4n) is 2.09. The number of hydrogen-bond donors (Lipinski definition) is 1. The lowest BCUT2D eigenvalue weighted by Gasteiger charge is -2.11. The molecular formula is C18H12Cl2O2. The first kappa shape index (κ1) is 14.8. The number of ether oxygens (including phenoxy) is 1. The molecule has 4 heteroatoms. The van der Waals surface area contributed by atoms with Crippen LogP contribution in [0, 0.1) is 0 Å². The summed E-state index contributed by atoms with van der Waals surface area (Å²) in [5.74, 6) is 0.824. The topological polar surface area (TPSA) is 29.5 Å². The quantitative estimate of drug-likeness (QED) is 0.623. The van der Waals surface area contributed by atoms with E-state index in [4.69, 9.17) is 27.9 Å². The first-order valence-corrected chi connectivity index (χ1v) is 7.40. The van der Waals surface area contributed by atoms with Gasteiger partial charge in [-0.1, -0.05) is 59.6 Å². The number of phenolic OH excluding ortho intramolecular Hbond substituents is 1. The molecule has 3 aromatic rings. The fourth-order valence-corrected chi connectivity index (χ4v) is 2.54. The number of benzene rings is 3. The van der Waals surface area contributed by atoms with Gasteiger partial charge in [0.1, 0.15) is 5.75 Å². The molecule has 0 heterocycles. The molecule has 3 aromatic carbocycles. The molecule has 0 aliphatic heterocycles. The van der Waals surface area contributed by atoms with Gasteiger partial charge in [0, 0.05) is 5.02 Å². The van der Waals surface area contributed by atoms with E-state index in [1.165, 1.54) is 0 Å². The maximum absolute atomic E-state index is 10.2. The average Bonchev–Trinajstić information content (AvgIpc) is 2.52. The molecule has 0 unspecified atom stereocenters. The lowest BCUT2D eigenvalue weighted by atomic mass is 10.1. The lowest BCUT2D eigenvalue weighted by molar-refractivity contribution is 0.411. The molecule has 0 aromatic heterocycles. The Balaban J connectivity index is 1.90. The second kappa shape index (κ2) is 6.30. The van der Waals surface area contributed by atoms with Gasteiger partial charge in [-0.25, -0.2) is 0 Å². The highest BCUT2D eigenvalue weighted by atomic mass is 35.5. The molecule has 2 nitrogen and oxygen atoms in total. The van der Waals surface area contributed by atoms with Crippen LogP contribution in [0.3, 0.4) is 0 Å². The summed E-state index contributed by atoms with van der Waals surface area (Å²) in [7, 11) is 0. The van der Waals surface area contributed by atoms with Gasteiger partial charge in [-0.3, -0.25) is 0 Å². The molecular weight excluding hydrogens is 319 g/mol. The third-order valence-corrected chi connectivity index (χ3v) is 3.71. The van der Waals surface area contributed by atoms with E-state index in [1.54, 1.807) is 30.3 Å². The van der Waals surface area contributed by atoms with Crippen LogP contribution in [0.15, 0.2) is 66.7 Å². The van der Waals surface area contributed by atoms with Crippen molar-refractivity contribution in [3.05, 3.63) is 76.8 Å². The first-order valence-electron chi connectivity index (χ1n) is 6.65. The van der Waals surface area contributed by atoms with Gasteiger partial charge in [0.2, 0.25) is 0 Å². The summed E-state index contributed by atoms with van der Waals surface area (Å²) in [6.07, 6.45) is 0. The Bertz CT molecular complexity index is 801. The maximum atomic E-state index is 10.2. The van der Waals surface area contributed by atoms with Crippen molar-refractivity contribution in [2.75, 3.05) is 0 Å². The summed E-state index contributed by atoms with van der Waals surface area (Å²) in [5.41, 5.74) is 1.93. The predicted molar refractivity (Wildman–Crippen MR) is 90.1 cm³/mol. The monoisotopic (exact) mass is 330 g/mol. The molecule has 3 rings (SSSR count). The minimum absolute atomic E-state index is 0.0485. The van der Waals surface area contributed by atoms with Gasteiger partial charge < -0.3 is 9.84 Å². The SMILES string of the molecule is Oc1cc(-c2ccccc2)ccc1Oc1ccc(Cl)cc1Cl. The van der Waals surface area contributed by atoms with E-state index in [-0.39, 0.29) is 5.75 Å². The molecule has 0 aliphatic carbocycles. The van der Waals surface area contributed by atoms with Crippen molar-refractivity contribution in [3.8, 4) is 28.4 Å². The van der Waals surface area contributed by atoms with Gasteiger partial charge >= 0.3 is 0 Å². The molecule has 1 N–H and O–H groups in total. The number of hydrogen-bond acceptors (Lipinski definition) is 2. The molecule has 0 atom stereocenters. The molecule has 0 fully saturated rings. The van der Waals surface area contributed by atoms with Crippen molar-refractivity contribution in [3.63, 3.8) is 0 Å². The van der Waals surface area contributed by atoms with Crippen molar-refractivity contribution in [1.82, 2.24) is 0 Å². The van der Waals surface area contributed by atoms with Crippen LogP contribution in [0.4, 0.5) is 0 Å². The molecule has 0 bridgehead atoms. The van der Waals surface area contributed by atoms with Gasteiger partial charge in [0.25, 0.3) is 0 Å². The fraction of sp³-hybridized carbons (Fsp3) is 0. The third kappa shape index (κ3) is 3.19. The first-order chi connectivity index (χ1) is 10.6. The third-order valence-electron chi connectivity index (χ3n) is 3.18. The van der Waals surface area contributed by atoms with Crippen molar-refractivity contribution in [1.29, 1.82) is 0 Å². The van der Waals surface area contributed by atoms with E-state index in [2.05, 4.69) is 0 Å². The number of halogens is 2. The minimum atomic E-state index is 0.0485. The standard InChI is InChI=1S/C18H12Cl2O2/c19-14-7-9-17(15(20)11-14)22-18-8-6-13(10-16(18)21)12-4-2-1-3-5-12/h1-11,21H. The Morgan fingerprint density at radius 3 is 2.14 bits per heavy atom. The van der Waals surface area contributed by atoms with E-state index in [0.717, 1.165) is 11.1 Å². The minimum Gasteiger partial charge on any atom is -0.504 e. The Morgan fingerprint density at radius 1 is 0.727 bits per heavy atom. The zero-order valence-electron chi connectivity index (χ0n) is 11.5. The Hall–Kier alpha value is -2.16. The molecule has 22 heavy (non-hydrogen) atoms. The van der Waals surface area contributed by atoms with E-state index >= 15 is 0 Å². The second-order valence-electron chi connectivity index (χ2n) is 4.73. The summed E-state index contributed by atoms with van der Waals surface area (Å²) in [6, 6.07) is 20.0. The van der Waals surface area contributed by atoms with E-state index in [9.17, 15) is 5.11 Å². The van der Waals surface area contributed by atoms with Gasteiger partial charge in [-0.2, -0.15) is 0 Å². The van der Waals surface area contributed by atoms with Crippen LogP contribution >= 0.6 is 23.2 Å². The number of aromatic hydroxyl groups is 1. The molecule has 110 valence electrons. The van der Waals surface area contributed by atoms with Crippen LogP contribution in [0.2, 0.25) is 10.0 Å². The average molecular weight is 331 g/mol. The van der Waals surface area contributed by atoms with E-state index in [1.807, 2.05) is 36.4 Å². The van der Waals surface area contributed by atoms with Crippen molar-refractivity contribution >= 4 is 23.2 Å². The molecule has 0 radical (unpaired) electrons. The lowest BCUT2D eigenvalue weighted by Crippen LogP contribution is -1.87. The van der Waals surface area contributed by atoms with Crippen molar-refractivity contribution in [2.24, 2.45) is 0 Å². The normalized spacial score (nSPS) is 10.5. The van der Waals surface area contributed by atoms with Crippen molar-refractivity contribution in [2.45, 2.75) is 0 Å². The second-order valence-corrected chi connectivity index (χ2v) is 5.57. The van der Waals surface area contributed by atoms with Crippen LogP contribution in [0.25, 0.3) is 11.1 Å². The molecule has 0 amide bonds. The molecule has 0 aliphatic rings. The highest BCUT2D eigenvalue weighted by Gasteiger charge is 2.09. The highest BCUT2D eigenvalue weighted by Crippen LogP contribution is 2.37. The zero-order valence-corrected chi connectivity index (χ0v) is 13.0. The molecule has 0 saturated carbocycles. The van der Waals surface area contributed by atoms with Crippen molar-refractivity contribution < 1.29 is 9.84 Å². The number of phenols is 1. The number of rotatable bonds is 3. The Labute approximate surface area is 138 Å². The van der Waals surface area contributed by atoms with Gasteiger partial charge in [0.05, 0.1) is 5.02 Å². The van der Waals surface area contributed by atoms with Crippen LogP contribution in [-0.4, -0.2) is 5.11 Å². The highest BCUT2D eigenvalue weighted by molar-refractivity contribution is 6.35. The van der Waals surface area contributed by atoms with Crippen LogP contribution in [0.1, 0.15) is 0 Å². The summed E-state index contributed by atoms with van der Waals surface area (Å²) in [6.45, 7) is 0. The van der Waals surface area contributed by atoms with Gasteiger partial charge in [-0.05, 0) is 41.5 Å². The van der Waals surface area contributed by atoms with E-state index in [0.29, 0.717) is 21.5 Å². The largest absolute Gasteiger partial charge is 0.504 e. The summed E-state index contributed by atoms with van der Waals surface area (Å²) in [4.78, 5) is 0. The molecule has 0 saturated heterocycles.